The van der Waals surface area contributed by atoms with Crippen molar-refractivity contribution >= 4 is 17.7 Å². The third-order valence-corrected chi connectivity index (χ3v) is 4.37. The van der Waals surface area contributed by atoms with E-state index in [0.717, 1.165) is 0 Å². The first-order valence-electron chi connectivity index (χ1n) is 9.78. The van der Waals surface area contributed by atoms with Crippen molar-refractivity contribution in [2.45, 2.75) is 19.9 Å². The molecule has 0 spiro atoms. The van der Waals surface area contributed by atoms with Gasteiger partial charge in [-0.05, 0) is 32.0 Å². The summed E-state index contributed by atoms with van der Waals surface area (Å²) in [5.41, 5.74) is 0.655. The van der Waals surface area contributed by atoms with Gasteiger partial charge in [-0.3, -0.25) is 9.78 Å². The zero-order valence-electron chi connectivity index (χ0n) is 17.6. The van der Waals surface area contributed by atoms with Crippen molar-refractivity contribution in [3.8, 4) is 23.0 Å². The fraction of sp³-hybridized carbons (Fsp3) is 0.143. The molecular weight excluding hydrogens is 428 g/mol. The minimum Gasteiger partial charge on any atom is -0.475 e. The first-order chi connectivity index (χ1) is 15.9. The van der Waals surface area contributed by atoms with Crippen LogP contribution >= 0.6 is 0 Å². The predicted molar refractivity (Wildman–Crippen MR) is 115 cm³/mol. The molecule has 4 aromatic rings. The number of nitrogens with zero attached hydrogens (tertiary/aromatic N) is 7. The molecule has 0 bridgehead atoms. The van der Waals surface area contributed by atoms with E-state index in [-0.39, 0.29) is 23.3 Å². The quantitative estimate of drug-likeness (QED) is 0.432. The van der Waals surface area contributed by atoms with Crippen molar-refractivity contribution in [1.29, 1.82) is 0 Å². The Morgan fingerprint density at radius 2 is 1.88 bits per heavy atom. The smallest absolute Gasteiger partial charge is 0.373 e. The van der Waals surface area contributed by atoms with Crippen molar-refractivity contribution in [3.05, 3.63) is 66.8 Å². The molecule has 0 aromatic carbocycles. The first kappa shape index (κ1) is 21.5. The first-order valence-corrected chi connectivity index (χ1v) is 9.78. The second-order valence-corrected chi connectivity index (χ2v) is 7.04. The second-order valence-electron chi connectivity index (χ2n) is 7.04. The van der Waals surface area contributed by atoms with Gasteiger partial charge in [0.15, 0.2) is 11.6 Å². The van der Waals surface area contributed by atoms with Crippen LogP contribution in [0, 0.1) is 0 Å². The fourth-order valence-electron chi connectivity index (χ4n) is 2.83. The number of aromatic carboxylic acids is 1. The summed E-state index contributed by atoms with van der Waals surface area (Å²) in [6.07, 6.45) is 5.48. The molecule has 0 saturated heterocycles. The van der Waals surface area contributed by atoms with E-state index in [2.05, 4.69) is 35.5 Å². The number of carboxylic acids is 1. The summed E-state index contributed by atoms with van der Waals surface area (Å²) in [4.78, 5) is 39.5. The van der Waals surface area contributed by atoms with Crippen LogP contribution < -0.4 is 10.1 Å². The Balaban J connectivity index is 1.49. The van der Waals surface area contributed by atoms with Gasteiger partial charge >= 0.3 is 5.97 Å². The summed E-state index contributed by atoms with van der Waals surface area (Å²) in [7, 11) is 0. The van der Waals surface area contributed by atoms with E-state index < -0.39 is 11.9 Å². The second kappa shape index (κ2) is 9.18. The molecule has 0 saturated carbocycles. The lowest BCUT2D eigenvalue weighted by molar-refractivity contribution is 0.0683. The van der Waals surface area contributed by atoms with Crippen molar-refractivity contribution in [1.82, 2.24) is 34.7 Å². The average Bonchev–Trinajstić information content (AvgIpc) is 3.30. The van der Waals surface area contributed by atoms with Gasteiger partial charge < -0.3 is 19.7 Å². The van der Waals surface area contributed by atoms with Gasteiger partial charge in [0.05, 0.1) is 12.4 Å². The monoisotopic (exact) mass is 446 g/mol. The van der Waals surface area contributed by atoms with Crippen LogP contribution in [-0.2, 0) is 0 Å². The van der Waals surface area contributed by atoms with Crippen LogP contribution in [0.2, 0.25) is 0 Å². The van der Waals surface area contributed by atoms with Crippen LogP contribution in [0.5, 0.6) is 11.5 Å². The van der Waals surface area contributed by atoms with Crippen molar-refractivity contribution < 1.29 is 19.4 Å². The van der Waals surface area contributed by atoms with Gasteiger partial charge in [-0.15, -0.1) is 10.2 Å². The predicted octanol–water partition coefficient (Wildman–Crippen LogP) is 2.85. The van der Waals surface area contributed by atoms with Gasteiger partial charge in [0.2, 0.25) is 5.82 Å². The third-order valence-electron chi connectivity index (χ3n) is 4.37. The third kappa shape index (κ3) is 4.95. The Morgan fingerprint density at radius 1 is 1.09 bits per heavy atom. The number of pyridine rings is 2. The molecule has 4 heterocycles. The zero-order valence-corrected chi connectivity index (χ0v) is 17.6. The van der Waals surface area contributed by atoms with Crippen LogP contribution in [-0.4, -0.2) is 51.7 Å². The van der Waals surface area contributed by atoms with E-state index in [1.54, 1.807) is 30.6 Å². The summed E-state index contributed by atoms with van der Waals surface area (Å²) in [6, 6.07) is 8.31. The van der Waals surface area contributed by atoms with Gasteiger partial charge in [0, 0.05) is 18.3 Å². The Hall–Kier alpha value is -4.74. The molecule has 0 atom stereocenters. The summed E-state index contributed by atoms with van der Waals surface area (Å²) in [6.45, 7) is 4.01. The lowest BCUT2D eigenvalue weighted by Crippen LogP contribution is -2.15. The van der Waals surface area contributed by atoms with E-state index in [4.69, 9.17) is 9.84 Å². The minimum absolute atomic E-state index is 0.0909. The number of hydrogen-bond donors (Lipinski definition) is 2. The molecular formula is C21H18N8O4. The molecule has 33 heavy (non-hydrogen) atoms. The Labute approximate surface area is 187 Å². The molecule has 0 aliphatic heterocycles. The Morgan fingerprint density at radius 3 is 2.61 bits per heavy atom. The highest BCUT2D eigenvalue weighted by Gasteiger charge is 2.14. The van der Waals surface area contributed by atoms with Gasteiger partial charge in [-0.25, -0.2) is 19.7 Å². The zero-order chi connectivity index (χ0) is 23.4. The maximum absolute atomic E-state index is 12.7. The Bertz CT molecular complexity index is 1300. The lowest BCUT2D eigenvalue weighted by Gasteiger charge is -2.11. The number of hydrogen-bond acceptors (Lipinski definition) is 9. The van der Waals surface area contributed by atoms with Gasteiger partial charge in [0.1, 0.15) is 29.3 Å². The average molecular weight is 446 g/mol. The maximum atomic E-state index is 12.7. The van der Waals surface area contributed by atoms with Crippen LogP contribution in [0.25, 0.3) is 11.5 Å². The SMILES string of the molecule is CC(C)n1cnnc1-c1cccc(NC(=O)c2cc(Oc3cnc(C(=O)O)nc3)ccn2)n1. The largest absolute Gasteiger partial charge is 0.475 e. The molecule has 0 fully saturated rings. The summed E-state index contributed by atoms with van der Waals surface area (Å²) < 4.78 is 7.46. The van der Waals surface area contributed by atoms with Crippen LogP contribution in [0.3, 0.4) is 0 Å². The number of amides is 1. The number of aromatic nitrogens is 7. The number of carbonyl (C=O) groups excluding carboxylic acids is 1. The normalized spacial score (nSPS) is 10.8. The lowest BCUT2D eigenvalue weighted by atomic mass is 10.3. The van der Waals surface area contributed by atoms with Crippen LogP contribution in [0.1, 0.15) is 41.0 Å². The molecule has 12 heteroatoms. The van der Waals surface area contributed by atoms with E-state index in [1.165, 1.54) is 24.7 Å². The van der Waals surface area contributed by atoms with Crippen LogP contribution in [0.4, 0.5) is 5.82 Å². The Kier molecular flexibility index (Phi) is 5.98. The molecule has 2 N–H and O–H groups in total. The maximum Gasteiger partial charge on any atom is 0.373 e. The van der Waals surface area contributed by atoms with E-state index in [0.29, 0.717) is 23.1 Å². The highest BCUT2D eigenvalue weighted by atomic mass is 16.5. The fourth-order valence-corrected chi connectivity index (χ4v) is 2.83. The standard InChI is InChI=1S/C21H18N8O4/c1-12(2)29-11-25-28-19(29)15-4-3-5-17(26-15)27-20(30)16-8-13(6-7-22-16)33-14-9-23-18(21(31)32)24-10-14/h3-12H,1-2H3,(H,31,32)(H,26,27,30). The van der Waals surface area contributed by atoms with Crippen molar-refractivity contribution in [2.24, 2.45) is 0 Å². The molecule has 0 aliphatic carbocycles. The number of rotatable bonds is 7. The molecule has 4 rings (SSSR count). The van der Waals surface area contributed by atoms with Gasteiger partial charge in [0.25, 0.3) is 5.91 Å². The molecule has 12 nitrogen and oxygen atoms in total. The van der Waals surface area contributed by atoms with E-state index in [9.17, 15) is 9.59 Å². The molecule has 1 amide bonds. The molecule has 0 aliphatic rings. The molecule has 0 radical (unpaired) electrons. The topological polar surface area (TPSA) is 158 Å². The number of nitrogens with one attached hydrogen (secondary N) is 1. The van der Waals surface area contributed by atoms with Crippen LogP contribution in [0.15, 0.2) is 55.2 Å². The summed E-state index contributed by atoms with van der Waals surface area (Å²) in [5.74, 6) is -0.667. The van der Waals surface area contributed by atoms with E-state index in [1.807, 2.05) is 18.4 Å². The summed E-state index contributed by atoms with van der Waals surface area (Å²) in [5, 5.41) is 19.6. The van der Waals surface area contributed by atoms with E-state index >= 15 is 0 Å². The number of ether oxygens (including phenoxy) is 1. The number of carboxylic acid groups (broad SMARTS) is 1. The summed E-state index contributed by atoms with van der Waals surface area (Å²) >= 11 is 0. The van der Waals surface area contributed by atoms with Crippen molar-refractivity contribution in [3.63, 3.8) is 0 Å². The van der Waals surface area contributed by atoms with Gasteiger partial charge in [-0.2, -0.15) is 0 Å². The molecule has 166 valence electrons. The number of anilines is 1. The minimum atomic E-state index is -1.24. The molecule has 4 aromatic heterocycles. The number of carbonyl (C=O) groups is 2. The highest BCUT2D eigenvalue weighted by Crippen LogP contribution is 2.22. The molecule has 0 unspecified atom stereocenters. The highest BCUT2D eigenvalue weighted by molar-refractivity contribution is 6.02. The van der Waals surface area contributed by atoms with Crippen molar-refractivity contribution in [2.75, 3.05) is 5.32 Å². The van der Waals surface area contributed by atoms with Gasteiger partial charge in [-0.1, -0.05) is 6.07 Å².